The number of nitrogens with zero attached hydrogens (tertiary/aromatic N) is 4. The van der Waals surface area contributed by atoms with Crippen LogP contribution < -0.4 is 10.1 Å². The summed E-state index contributed by atoms with van der Waals surface area (Å²) in [5, 5.41) is 18.6. The highest BCUT2D eigenvalue weighted by atomic mass is 32.1. The zero-order valence-electron chi connectivity index (χ0n) is 12.3. The fraction of sp³-hybridized carbons (Fsp3) is 0.214. The number of ether oxygens (including phenoxy) is 1. The summed E-state index contributed by atoms with van der Waals surface area (Å²) in [4.78, 5) is 16.5. The number of rotatable bonds is 6. The predicted octanol–water partition coefficient (Wildman–Crippen LogP) is 2.65. The number of thiazole rings is 1. The molecular formula is C14H14N6O2S. The van der Waals surface area contributed by atoms with Gasteiger partial charge in [0, 0.05) is 11.1 Å². The predicted molar refractivity (Wildman–Crippen MR) is 84.8 cm³/mol. The zero-order valence-corrected chi connectivity index (χ0v) is 13.1. The summed E-state index contributed by atoms with van der Waals surface area (Å²) in [7, 11) is 0. The Morgan fingerprint density at radius 2 is 2.17 bits per heavy atom. The highest BCUT2D eigenvalue weighted by Gasteiger charge is 2.11. The molecule has 23 heavy (non-hydrogen) atoms. The molecule has 0 bridgehead atoms. The van der Waals surface area contributed by atoms with Crippen LogP contribution >= 0.6 is 11.3 Å². The fourth-order valence-electron chi connectivity index (χ4n) is 1.85. The zero-order chi connectivity index (χ0) is 16.1. The molecule has 0 radical (unpaired) electrons. The molecule has 3 rings (SSSR count). The van der Waals surface area contributed by atoms with Gasteiger partial charge >= 0.3 is 6.01 Å². The Morgan fingerprint density at radius 3 is 2.87 bits per heavy atom. The normalized spacial score (nSPS) is 10.5. The van der Waals surface area contributed by atoms with Crippen LogP contribution in [-0.4, -0.2) is 31.5 Å². The first-order valence-corrected chi connectivity index (χ1v) is 7.89. The van der Waals surface area contributed by atoms with E-state index in [1.165, 1.54) is 11.3 Å². The van der Waals surface area contributed by atoms with Gasteiger partial charge in [-0.2, -0.15) is 5.21 Å². The molecule has 2 aromatic heterocycles. The smallest absolute Gasteiger partial charge is 0.361 e. The van der Waals surface area contributed by atoms with E-state index in [0.717, 1.165) is 17.8 Å². The maximum Gasteiger partial charge on any atom is 0.361 e. The summed E-state index contributed by atoms with van der Waals surface area (Å²) < 4.78 is 5.35. The fourth-order valence-corrected chi connectivity index (χ4v) is 2.73. The van der Waals surface area contributed by atoms with E-state index in [9.17, 15) is 4.79 Å². The van der Waals surface area contributed by atoms with E-state index < -0.39 is 0 Å². The maximum atomic E-state index is 12.1. The SMILES string of the molecule is CCCc1nc(C(=O)Nc2ccc(Oc3nn[nH]n3)cc2)cs1. The van der Waals surface area contributed by atoms with Crippen LogP contribution in [-0.2, 0) is 6.42 Å². The minimum atomic E-state index is -0.226. The molecule has 0 aliphatic rings. The molecule has 0 spiro atoms. The average molecular weight is 330 g/mol. The van der Waals surface area contributed by atoms with Gasteiger partial charge in [-0.15, -0.1) is 11.3 Å². The van der Waals surface area contributed by atoms with E-state index in [-0.39, 0.29) is 11.9 Å². The monoisotopic (exact) mass is 330 g/mol. The van der Waals surface area contributed by atoms with E-state index in [0.29, 0.717) is 17.1 Å². The average Bonchev–Trinajstić information content (AvgIpc) is 3.21. The minimum Gasteiger partial charge on any atom is -0.422 e. The van der Waals surface area contributed by atoms with Gasteiger partial charge in [0.25, 0.3) is 5.91 Å². The lowest BCUT2D eigenvalue weighted by atomic mass is 10.3. The van der Waals surface area contributed by atoms with Gasteiger partial charge in [0.15, 0.2) is 0 Å². The third-order valence-electron chi connectivity index (χ3n) is 2.90. The van der Waals surface area contributed by atoms with Gasteiger partial charge < -0.3 is 10.1 Å². The number of hydrogen-bond acceptors (Lipinski definition) is 7. The van der Waals surface area contributed by atoms with Crippen molar-refractivity contribution in [2.45, 2.75) is 19.8 Å². The molecule has 0 unspecified atom stereocenters. The Hall–Kier alpha value is -2.81. The van der Waals surface area contributed by atoms with Crippen molar-refractivity contribution >= 4 is 22.9 Å². The van der Waals surface area contributed by atoms with E-state index >= 15 is 0 Å². The van der Waals surface area contributed by atoms with Crippen molar-refractivity contribution in [3.05, 3.63) is 40.3 Å². The summed E-state index contributed by atoms with van der Waals surface area (Å²) in [6.45, 7) is 2.08. The van der Waals surface area contributed by atoms with Crippen LogP contribution in [0.2, 0.25) is 0 Å². The van der Waals surface area contributed by atoms with Crippen LogP contribution in [0.5, 0.6) is 11.8 Å². The van der Waals surface area contributed by atoms with Gasteiger partial charge in [0.1, 0.15) is 11.4 Å². The van der Waals surface area contributed by atoms with Gasteiger partial charge in [0.05, 0.1) is 5.01 Å². The number of aromatic nitrogens is 5. The first kappa shape index (κ1) is 15.1. The Morgan fingerprint density at radius 1 is 1.35 bits per heavy atom. The molecule has 8 nitrogen and oxygen atoms in total. The molecule has 0 aliphatic heterocycles. The molecule has 2 N–H and O–H groups in total. The van der Waals surface area contributed by atoms with Crippen molar-refractivity contribution in [2.24, 2.45) is 0 Å². The van der Waals surface area contributed by atoms with Gasteiger partial charge in [-0.25, -0.2) is 4.98 Å². The van der Waals surface area contributed by atoms with Crippen LogP contribution in [0, 0.1) is 0 Å². The molecule has 9 heteroatoms. The minimum absolute atomic E-state index is 0.132. The summed E-state index contributed by atoms with van der Waals surface area (Å²) >= 11 is 1.50. The number of benzene rings is 1. The number of carbonyl (C=O) groups is 1. The molecular weight excluding hydrogens is 316 g/mol. The van der Waals surface area contributed by atoms with Crippen LogP contribution in [0.3, 0.4) is 0 Å². The van der Waals surface area contributed by atoms with Crippen LogP contribution in [0.1, 0.15) is 28.8 Å². The third kappa shape index (κ3) is 3.89. The highest BCUT2D eigenvalue weighted by molar-refractivity contribution is 7.09. The summed E-state index contributed by atoms with van der Waals surface area (Å²) in [5.41, 5.74) is 1.09. The molecule has 118 valence electrons. The molecule has 0 saturated carbocycles. The number of hydrogen-bond donors (Lipinski definition) is 2. The molecule has 0 aliphatic carbocycles. The molecule has 3 aromatic rings. The van der Waals surface area contributed by atoms with E-state index in [2.05, 4.69) is 37.8 Å². The number of H-pyrrole nitrogens is 1. The van der Waals surface area contributed by atoms with Gasteiger partial charge in [-0.05, 0) is 42.3 Å². The molecule has 1 amide bonds. The highest BCUT2D eigenvalue weighted by Crippen LogP contribution is 2.20. The van der Waals surface area contributed by atoms with Crippen molar-refractivity contribution in [2.75, 3.05) is 5.32 Å². The Labute approximate surface area is 135 Å². The second kappa shape index (κ2) is 6.97. The summed E-state index contributed by atoms with van der Waals surface area (Å²) in [6, 6.07) is 7.00. The summed E-state index contributed by atoms with van der Waals surface area (Å²) in [6.07, 6.45) is 1.90. The number of aromatic amines is 1. The molecule has 0 atom stereocenters. The van der Waals surface area contributed by atoms with E-state index in [4.69, 9.17) is 4.74 Å². The van der Waals surface area contributed by atoms with Crippen molar-refractivity contribution in [3.63, 3.8) is 0 Å². The van der Waals surface area contributed by atoms with E-state index in [1.54, 1.807) is 29.6 Å². The van der Waals surface area contributed by atoms with Gasteiger partial charge in [-0.1, -0.05) is 17.1 Å². The molecule has 1 aromatic carbocycles. The van der Waals surface area contributed by atoms with Crippen LogP contribution in [0.25, 0.3) is 0 Å². The largest absolute Gasteiger partial charge is 0.422 e. The first-order chi connectivity index (χ1) is 11.2. The van der Waals surface area contributed by atoms with Crippen molar-refractivity contribution in [1.82, 2.24) is 25.6 Å². The number of aryl methyl sites for hydroxylation is 1. The topological polar surface area (TPSA) is 106 Å². The number of carbonyl (C=O) groups excluding carboxylic acids is 1. The second-order valence-corrected chi connectivity index (χ2v) is 5.59. The number of amides is 1. The quantitative estimate of drug-likeness (QED) is 0.720. The summed E-state index contributed by atoms with van der Waals surface area (Å²) in [5.74, 6) is 0.318. The standard InChI is InChI=1S/C14H14N6O2S/c1-2-3-12-16-11(8-23-12)13(21)15-9-4-6-10(7-5-9)22-14-17-19-20-18-14/h4-8H,2-3H2,1H3,(H,15,21)(H,17,18,19,20). The molecule has 0 fully saturated rings. The first-order valence-electron chi connectivity index (χ1n) is 7.01. The van der Waals surface area contributed by atoms with Crippen LogP contribution in [0.15, 0.2) is 29.6 Å². The van der Waals surface area contributed by atoms with Crippen molar-refractivity contribution < 1.29 is 9.53 Å². The maximum absolute atomic E-state index is 12.1. The molecule has 0 saturated heterocycles. The Balaban J connectivity index is 1.61. The second-order valence-electron chi connectivity index (χ2n) is 4.65. The van der Waals surface area contributed by atoms with Crippen LogP contribution in [0.4, 0.5) is 5.69 Å². The lowest BCUT2D eigenvalue weighted by Crippen LogP contribution is -2.12. The van der Waals surface area contributed by atoms with Crippen molar-refractivity contribution in [3.8, 4) is 11.8 Å². The Bertz CT molecular complexity index is 769. The van der Waals surface area contributed by atoms with Crippen molar-refractivity contribution in [1.29, 1.82) is 0 Å². The number of nitrogens with one attached hydrogen (secondary N) is 2. The lowest BCUT2D eigenvalue weighted by molar-refractivity contribution is 0.102. The lowest BCUT2D eigenvalue weighted by Gasteiger charge is -2.04. The Kier molecular flexibility index (Phi) is 4.57. The molecule has 2 heterocycles. The van der Waals surface area contributed by atoms with E-state index in [1.807, 2.05) is 0 Å². The number of tetrazole rings is 1. The third-order valence-corrected chi connectivity index (χ3v) is 3.80. The van der Waals surface area contributed by atoms with Gasteiger partial charge in [0.2, 0.25) is 0 Å². The van der Waals surface area contributed by atoms with Gasteiger partial charge in [-0.3, -0.25) is 4.79 Å². The number of anilines is 1.